The topological polar surface area (TPSA) is 34.1 Å². The summed E-state index contributed by atoms with van der Waals surface area (Å²) in [5.74, 6) is 0. The highest BCUT2D eigenvalue weighted by atomic mass is 31.1. The molecule has 0 aliphatic heterocycles. The van der Waals surface area contributed by atoms with Crippen LogP contribution in [0.1, 0.15) is 21.5 Å². The second kappa shape index (κ2) is 3.59. The smallest absolute Gasteiger partial charge is 0.234 e. The minimum Gasteiger partial charge on any atom is -0.234 e. The Labute approximate surface area is 72.8 Å². The summed E-state index contributed by atoms with van der Waals surface area (Å²) < 4.78 is 10.4. The summed E-state index contributed by atoms with van der Waals surface area (Å²) in [5.41, 5.74) is 2.10. The minimum absolute atomic E-state index is 0.286. The number of carbonyl (C=O) groups excluding carboxylic acids is 1. The average molecular weight is 181 g/mol. The Balaban J connectivity index is 3.30. The summed E-state index contributed by atoms with van der Waals surface area (Å²) in [6, 6.07) is 5.58. The molecule has 0 bridgehead atoms. The summed E-state index contributed by atoms with van der Waals surface area (Å²) in [4.78, 5) is 11.2. The Bertz CT molecular complexity index is 311. The second-order valence-corrected chi connectivity index (χ2v) is 3.36. The highest BCUT2D eigenvalue weighted by molar-refractivity contribution is 7.47. The standard InChI is InChI=1S/C9H9O2P/c1-6-4-3-5-7(2)8(6)9(10)12-11/h3-5H,1-2H3/p+1. The number of benzene rings is 1. The molecular weight excluding hydrogens is 171 g/mol. The number of carbonyl (C=O) groups is 1. The zero-order valence-electron chi connectivity index (χ0n) is 7.05. The number of rotatable bonds is 2. The third-order valence-corrected chi connectivity index (χ3v) is 2.24. The van der Waals surface area contributed by atoms with Crippen LogP contribution in [0, 0.1) is 13.8 Å². The van der Waals surface area contributed by atoms with Gasteiger partial charge < -0.3 is 0 Å². The fourth-order valence-electron chi connectivity index (χ4n) is 1.22. The molecule has 1 aromatic rings. The molecule has 0 aromatic heterocycles. The van der Waals surface area contributed by atoms with E-state index in [9.17, 15) is 9.36 Å². The van der Waals surface area contributed by atoms with Crippen molar-refractivity contribution in [3.63, 3.8) is 0 Å². The molecule has 0 spiro atoms. The highest BCUT2D eigenvalue weighted by Gasteiger charge is 2.17. The molecule has 1 rings (SSSR count). The van der Waals surface area contributed by atoms with Crippen molar-refractivity contribution in [2.75, 3.05) is 0 Å². The Hall–Kier alpha value is -1.01. The molecule has 2 nitrogen and oxygen atoms in total. The van der Waals surface area contributed by atoms with Gasteiger partial charge in [-0.15, -0.1) is 0 Å². The van der Waals surface area contributed by atoms with Crippen LogP contribution >= 0.6 is 8.46 Å². The van der Waals surface area contributed by atoms with E-state index in [0.29, 0.717) is 5.56 Å². The molecule has 0 saturated heterocycles. The average Bonchev–Trinajstić information content (AvgIpc) is 2.03. The molecule has 1 atom stereocenters. The van der Waals surface area contributed by atoms with Gasteiger partial charge in [0.2, 0.25) is 0 Å². The van der Waals surface area contributed by atoms with Gasteiger partial charge >= 0.3 is 14.0 Å². The van der Waals surface area contributed by atoms with E-state index in [-0.39, 0.29) is 5.52 Å². The predicted octanol–water partition coefficient (Wildman–Crippen LogP) is 2.47. The first-order valence-corrected chi connectivity index (χ1v) is 4.56. The summed E-state index contributed by atoms with van der Waals surface area (Å²) in [6.45, 7) is 3.70. The normalized spacial score (nSPS) is 10.2. The van der Waals surface area contributed by atoms with Crippen molar-refractivity contribution in [3.8, 4) is 0 Å². The molecule has 0 heterocycles. The fraction of sp³-hybridized carbons (Fsp3) is 0.222. The lowest BCUT2D eigenvalue weighted by molar-refractivity contribution is 0.108. The van der Waals surface area contributed by atoms with Crippen molar-refractivity contribution in [1.82, 2.24) is 0 Å². The van der Waals surface area contributed by atoms with Crippen molar-refractivity contribution in [2.45, 2.75) is 13.8 Å². The first-order valence-electron chi connectivity index (χ1n) is 3.65. The van der Waals surface area contributed by atoms with Crippen molar-refractivity contribution >= 4 is 14.0 Å². The molecule has 3 heteroatoms. The molecule has 62 valence electrons. The van der Waals surface area contributed by atoms with E-state index in [2.05, 4.69) is 0 Å². The summed E-state index contributed by atoms with van der Waals surface area (Å²) in [6.07, 6.45) is 0. The third kappa shape index (κ3) is 1.59. The van der Waals surface area contributed by atoms with Gasteiger partial charge in [0.15, 0.2) is 0 Å². The van der Waals surface area contributed by atoms with Crippen molar-refractivity contribution in [1.29, 1.82) is 0 Å². The monoisotopic (exact) mass is 181 g/mol. The molecule has 0 fully saturated rings. The van der Waals surface area contributed by atoms with Crippen LogP contribution in [0.3, 0.4) is 0 Å². The van der Waals surface area contributed by atoms with Gasteiger partial charge in [0.05, 0.1) is 5.56 Å². The van der Waals surface area contributed by atoms with E-state index >= 15 is 0 Å². The summed E-state index contributed by atoms with van der Waals surface area (Å²) >= 11 is 0. The van der Waals surface area contributed by atoms with E-state index in [4.69, 9.17) is 0 Å². The summed E-state index contributed by atoms with van der Waals surface area (Å²) in [5, 5.41) is 0. The van der Waals surface area contributed by atoms with Gasteiger partial charge in [-0.2, -0.15) is 0 Å². The Morgan fingerprint density at radius 3 is 2.17 bits per heavy atom. The van der Waals surface area contributed by atoms with Gasteiger partial charge in [-0.1, -0.05) is 22.8 Å². The highest BCUT2D eigenvalue weighted by Crippen LogP contribution is 2.18. The van der Waals surface area contributed by atoms with Gasteiger partial charge in [-0.3, -0.25) is 0 Å². The SMILES string of the molecule is Cc1cccc(C)c1C(=O)[PH+]=O. The van der Waals surface area contributed by atoms with Gasteiger partial charge in [0, 0.05) is 0 Å². The zero-order valence-corrected chi connectivity index (χ0v) is 8.05. The third-order valence-electron chi connectivity index (χ3n) is 1.80. The largest absolute Gasteiger partial charge is 0.406 e. The van der Waals surface area contributed by atoms with Gasteiger partial charge in [-0.05, 0) is 25.0 Å². The Kier molecular flexibility index (Phi) is 2.72. The zero-order chi connectivity index (χ0) is 9.14. The van der Waals surface area contributed by atoms with E-state index in [1.807, 2.05) is 32.0 Å². The van der Waals surface area contributed by atoms with Gasteiger partial charge in [0.25, 0.3) is 0 Å². The molecule has 1 unspecified atom stereocenters. The van der Waals surface area contributed by atoms with Crippen molar-refractivity contribution in [3.05, 3.63) is 34.9 Å². The minimum atomic E-state index is -0.887. The van der Waals surface area contributed by atoms with Gasteiger partial charge in [-0.25, -0.2) is 4.79 Å². The molecule has 1 aromatic carbocycles. The van der Waals surface area contributed by atoms with E-state index in [0.717, 1.165) is 11.1 Å². The molecule has 0 aliphatic rings. The predicted molar refractivity (Wildman–Crippen MR) is 49.2 cm³/mol. The Morgan fingerprint density at radius 1 is 1.25 bits per heavy atom. The number of aryl methyl sites for hydroxylation is 2. The van der Waals surface area contributed by atoms with Crippen molar-refractivity contribution in [2.24, 2.45) is 0 Å². The Morgan fingerprint density at radius 2 is 1.75 bits per heavy atom. The molecule has 0 saturated carbocycles. The van der Waals surface area contributed by atoms with E-state index in [1.165, 1.54) is 0 Å². The molecule has 12 heavy (non-hydrogen) atoms. The molecule has 0 amide bonds. The maximum absolute atomic E-state index is 11.2. The van der Waals surface area contributed by atoms with Crippen LogP contribution in [-0.4, -0.2) is 5.52 Å². The molecule has 0 N–H and O–H groups in total. The van der Waals surface area contributed by atoms with Gasteiger partial charge in [0.1, 0.15) is 0 Å². The van der Waals surface area contributed by atoms with Crippen LogP contribution in [0.4, 0.5) is 0 Å². The fourth-order valence-corrected chi connectivity index (χ4v) is 1.72. The van der Waals surface area contributed by atoms with Crippen LogP contribution in [0.25, 0.3) is 0 Å². The lowest BCUT2D eigenvalue weighted by atomic mass is 10.0. The lowest BCUT2D eigenvalue weighted by Gasteiger charge is -1.99. The molecule has 0 radical (unpaired) electrons. The number of hydrogen-bond acceptors (Lipinski definition) is 2. The first kappa shape index (κ1) is 9.08. The maximum Gasteiger partial charge on any atom is 0.406 e. The van der Waals surface area contributed by atoms with Crippen LogP contribution in [0.15, 0.2) is 18.2 Å². The molecule has 0 aliphatic carbocycles. The molecular formula is C9H10O2P+. The van der Waals surface area contributed by atoms with E-state index in [1.54, 1.807) is 0 Å². The first-order chi connectivity index (χ1) is 5.66. The van der Waals surface area contributed by atoms with Crippen LogP contribution in [0.5, 0.6) is 0 Å². The maximum atomic E-state index is 11.2. The van der Waals surface area contributed by atoms with Crippen LogP contribution in [0.2, 0.25) is 0 Å². The lowest BCUT2D eigenvalue weighted by Crippen LogP contribution is -1.96. The summed E-state index contributed by atoms with van der Waals surface area (Å²) in [7, 11) is -0.887. The van der Waals surface area contributed by atoms with E-state index < -0.39 is 8.46 Å². The quantitative estimate of drug-likeness (QED) is 0.657. The number of hydrogen-bond donors (Lipinski definition) is 0. The second-order valence-electron chi connectivity index (χ2n) is 2.70. The van der Waals surface area contributed by atoms with Crippen LogP contribution < -0.4 is 0 Å². The van der Waals surface area contributed by atoms with Crippen LogP contribution in [-0.2, 0) is 4.57 Å². The van der Waals surface area contributed by atoms with Crippen molar-refractivity contribution < 1.29 is 9.36 Å².